The first-order valence-electron chi connectivity index (χ1n) is 5.87. The zero-order chi connectivity index (χ0) is 11.4. The smallest absolute Gasteiger partial charge is 0.151 e. The number of aromatic nitrogens is 1. The summed E-state index contributed by atoms with van der Waals surface area (Å²) >= 11 is 1.80. The molecule has 2 nitrogen and oxygen atoms in total. The predicted octanol–water partition coefficient (Wildman–Crippen LogP) is 2.65. The van der Waals surface area contributed by atoms with Crippen molar-refractivity contribution in [2.24, 2.45) is 0 Å². The summed E-state index contributed by atoms with van der Waals surface area (Å²) in [7, 11) is 0. The molecule has 1 aromatic heterocycles. The lowest BCUT2D eigenvalue weighted by Crippen LogP contribution is -2.17. The summed E-state index contributed by atoms with van der Waals surface area (Å²) in [4.78, 5) is 16.2. The van der Waals surface area contributed by atoms with Crippen LogP contribution in [0.4, 0.5) is 0 Å². The number of rotatable bonds is 4. The molecule has 1 fully saturated rings. The van der Waals surface area contributed by atoms with Crippen LogP contribution in [0.1, 0.15) is 31.0 Å². The van der Waals surface area contributed by atoms with Crippen LogP contribution >= 0.6 is 11.8 Å². The van der Waals surface area contributed by atoms with Crippen LogP contribution in [-0.2, 0) is 17.6 Å². The Hall–Kier alpha value is -0.830. The Morgan fingerprint density at radius 3 is 3.00 bits per heavy atom. The molecule has 2 rings (SSSR count). The van der Waals surface area contributed by atoms with Gasteiger partial charge in [-0.25, -0.2) is 0 Å². The van der Waals surface area contributed by atoms with E-state index in [1.807, 2.05) is 12.3 Å². The number of thioether (sulfide) groups is 1. The zero-order valence-corrected chi connectivity index (χ0v) is 10.4. The first kappa shape index (κ1) is 11.6. The van der Waals surface area contributed by atoms with Crippen molar-refractivity contribution < 1.29 is 4.79 Å². The average molecular weight is 235 g/mol. The van der Waals surface area contributed by atoms with Gasteiger partial charge in [0.25, 0.3) is 0 Å². The van der Waals surface area contributed by atoms with Crippen molar-refractivity contribution in [1.82, 2.24) is 4.98 Å². The van der Waals surface area contributed by atoms with E-state index >= 15 is 0 Å². The van der Waals surface area contributed by atoms with Gasteiger partial charge in [0.15, 0.2) is 5.78 Å². The highest BCUT2D eigenvalue weighted by atomic mass is 32.2. The summed E-state index contributed by atoms with van der Waals surface area (Å²) in [6.07, 6.45) is 5.62. The lowest BCUT2D eigenvalue weighted by Gasteiger charge is -2.06. The highest BCUT2D eigenvalue weighted by molar-refractivity contribution is 8.00. The van der Waals surface area contributed by atoms with Crippen molar-refractivity contribution in [1.29, 1.82) is 0 Å². The van der Waals surface area contributed by atoms with Crippen LogP contribution in [0, 0.1) is 0 Å². The topological polar surface area (TPSA) is 30.0 Å². The van der Waals surface area contributed by atoms with Gasteiger partial charge in [0.2, 0.25) is 0 Å². The predicted molar refractivity (Wildman–Crippen MR) is 67.8 cm³/mol. The van der Waals surface area contributed by atoms with E-state index in [1.165, 1.54) is 12.0 Å². The monoisotopic (exact) mass is 235 g/mol. The van der Waals surface area contributed by atoms with Gasteiger partial charge in [-0.15, -0.1) is 0 Å². The molecule has 16 heavy (non-hydrogen) atoms. The maximum absolute atomic E-state index is 11.9. The molecule has 0 aromatic carbocycles. The molecule has 1 atom stereocenters. The van der Waals surface area contributed by atoms with E-state index in [-0.39, 0.29) is 5.25 Å². The zero-order valence-electron chi connectivity index (χ0n) is 9.61. The van der Waals surface area contributed by atoms with E-state index < -0.39 is 0 Å². The number of carbonyl (C=O) groups is 1. The van der Waals surface area contributed by atoms with Gasteiger partial charge in [-0.3, -0.25) is 9.78 Å². The SMILES string of the molecule is CCc1ccc(CC(=O)C2CCCS2)nc1. The number of aryl methyl sites for hydroxylation is 1. The van der Waals surface area contributed by atoms with Crippen LogP contribution in [0.15, 0.2) is 18.3 Å². The quantitative estimate of drug-likeness (QED) is 0.803. The third-order valence-electron chi connectivity index (χ3n) is 2.94. The van der Waals surface area contributed by atoms with Crippen molar-refractivity contribution in [3.8, 4) is 0 Å². The fraction of sp³-hybridized carbons (Fsp3) is 0.538. The number of carbonyl (C=O) groups excluding carboxylic acids is 1. The van der Waals surface area contributed by atoms with E-state index in [0.29, 0.717) is 12.2 Å². The number of hydrogen-bond donors (Lipinski definition) is 0. The summed E-state index contributed by atoms with van der Waals surface area (Å²) in [6.45, 7) is 2.11. The maximum Gasteiger partial charge on any atom is 0.151 e. The van der Waals surface area contributed by atoms with E-state index in [0.717, 1.165) is 24.3 Å². The van der Waals surface area contributed by atoms with Crippen molar-refractivity contribution in [2.75, 3.05) is 5.75 Å². The average Bonchev–Trinajstić information content (AvgIpc) is 2.83. The van der Waals surface area contributed by atoms with Crippen LogP contribution in [0.2, 0.25) is 0 Å². The van der Waals surface area contributed by atoms with E-state index in [2.05, 4.69) is 18.0 Å². The number of ketones is 1. The molecule has 1 aliphatic heterocycles. The van der Waals surface area contributed by atoms with Crippen LogP contribution < -0.4 is 0 Å². The van der Waals surface area contributed by atoms with Gasteiger partial charge in [-0.05, 0) is 36.6 Å². The highest BCUT2D eigenvalue weighted by Crippen LogP contribution is 2.27. The van der Waals surface area contributed by atoms with Gasteiger partial charge >= 0.3 is 0 Å². The maximum atomic E-state index is 11.9. The van der Waals surface area contributed by atoms with Gasteiger partial charge < -0.3 is 0 Å². The van der Waals surface area contributed by atoms with Gasteiger partial charge in [0.05, 0.1) is 5.25 Å². The fourth-order valence-corrected chi connectivity index (χ4v) is 3.11. The molecule has 3 heteroatoms. The van der Waals surface area contributed by atoms with Crippen LogP contribution in [0.3, 0.4) is 0 Å². The fourth-order valence-electron chi connectivity index (χ4n) is 1.89. The third kappa shape index (κ3) is 2.85. The Morgan fingerprint density at radius 2 is 2.44 bits per heavy atom. The lowest BCUT2D eigenvalue weighted by atomic mass is 10.1. The van der Waals surface area contributed by atoms with Gasteiger partial charge in [0.1, 0.15) is 0 Å². The first-order valence-corrected chi connectivity index (χ1v) is 6.92. The molecule has 86 valence electrons. The van der Waals surface area contributed by atoms with Crippen LogP contribution in [-0.4, -0.2) is 21.8 Å². The molecular weight excluding hydrogens is 218 g/mol. The summed E-state index contributed by atoms with van der Waals surface area (Å²) < 4.78 is 0. The van der Waals surface area contributed by atoms with Gasteiger partial charge in [-0.2, -0.15) is 11.8 Å². The molecule has 1 saturated heterocycles. The molecule has 0 bridgehead atoms. The molecule has 0 radical (unpaired) electrons. The second kappa shape index (κ2) is 5.48. The minimum atomic E-state index is 0.229. The third-order valence-corrected chi connectivity index (χ3v) is 4.36. The normalized spacial score (nSPS) is 19.9. The molecule has 1 aromatic rings. The van der Waals surface area contributed by atoms with Crippen molar-refractivity contribution in [2.45, 2.75) is 37.9 Å². The Kier molecular flexibility index (Phi) is 3.99. The van der Waals surface area contributed by atoms with E-state index in [1.54, 1.807) is 11.8 Å². The van der Waals surface area contributed by atoms with Gasteiger partial charge in [0, 0.05) is 18.3 Å². The second-order valence-corrected chi connectivity index (χ2v) is 5.47. The molecule has 0 aliphatic carbocycles. The second-order valence-electron chi connectivity index (χ2n) is 4.16. The summed E-state index contributed by atoms with van der Waals surface area (Å²) in [5.74, 6) is 1.48. The standard InChI is InChI=1S/C13H17NOS/c1-2-10-5-6-11(14-9-10)8-12(15)13-4-3-7-16-13/h5-6,9,13H,2-4,7-8H2,1H3. The molecule has 0 saturated carbocycles. The van der Waals surface area contributed by atoms with Crippen LogP contribution in [0.5, 0.6) is 0 Å². The van der Waals surface area contributed by atoms with E-state index in [9.17, 15) is 4.79 Å². The number of pyridine rings is 1. The lowest BCUT2D eigenvalue weighted by molar-refractivity contribution is -0.118. The minimum absolute atomic E-state index is 0.229. The van der Waals surface area contributed by atoms with E-state index in [4.69, 9.17) is 0 Å². The number of hydrogen-bond acceptors (Lipinski definition) is 3. The Balaban J connectivity index is 1.94. The Labute approximate surface area is 101 Å². The van der Waals surface area contributed by atoms with Crippen molar-refractivity contribution >= 4 is 17.5 Å². The molecule has 2 heterocycles. The Bertz CT molecular complexity index is 355. The van der Waals surface area contributed by atoms with Crippen LogP contribution in [0.25, 0.3) is 0 Å². The summed E-state index contributed by atoms with van der Waals surface area (Å²) in [6, 6.07) is 4.05. The number of nitrogens with zero attached hydrogens (tertiary/aromatic N) is 1. The van der Waals surface area contributed by atoms with Crippen molar-refractivity contribution in [3.05, 3.63) is 29.6 Å². The van der Waals surface area contributed by atoms with Gasteiger partial charge in [-0.1, -0.05) is 13.0 Å². The summed E-state index contributed by atoms with van der Waals surface area (Å²) in [5, 5.41) is 0.229. The molecule has 1 aliphatic rings. The molecule has 0 amide bonds. The molecule has 0 spiro atoms. The summed E-state index contributed by atoms with van der Waals surface area (Å²) in [5.41, 5.74) is 2.14. The Morgan fingerprint density at radius 1 is 1.56 bits per heavy atom. The molecular formula is C13H17NOS. The minimum Gasteiger partial charge on any atom is -0.298 e. The van der Waals surface area contributed by atoms with Crippen molar-refractivity contribution in [3.63, 3.8) is 0 Å². The highest BCUT2D eigenvalue weighted by Gasteiger charge is 2.23. The first-order chi connectivity index (χ1) is 7.79. The largest absolute Gasteiger partial charge is 0.298 e. The molecule has 0 N–H and O–H groups in total. The molecule has 1 unspecified atom stereocenters. The number of Topliss-reactive ketones (excluding diaryl/α,β-unsaturated/α-hetero) is 1.